The summed E-state index contributed by atoms with van der Waals surface area (Å²) in [4.78, 5) is 2.76. The van der Waals surface area contributed by atoms with Gasteiger partial charge in [-0.15, -0.1) is 0 Å². The molecule has 2 fully saturated rings. The highest BCUT2D eigenvalue weighted by Gasteiger charge is 2.25. The molecule has 2 aliphatic rings. The van der Waals surface area contributed by atoms with Gasteiger partial charge < -0.3 is 10.2 Å². The maximum Gasteiger partial charge on any atom is 0.00767 e. The quantitative estimate of drug-likeness (QED) is 0.830. The van der Waals surface area contributed by atoms with Crippen LogP contribution >= 0.6 is 0 Å². The molecule has 0 aromatic rings. The third-order valence-electron chi connectivity index (χ3n) is 4.93. The molecule has 4 atom stereocenters. The summed E-state index contributed by atoms with van der Waals surface area (Å²) < 4.78 is 0. The molecule has 2 heteroatoms. The number of hydrogen-bond donors (Lipinski definition) is 1. The molecule has 0 radical (unpaired) electrons. The molecule has 0 spiro atoms. The van der Waals surface area contributed by atoms with Gasteiger partial charge in [-0.25, -0.2) is 0 Å². The van der Waals surface area contributed by atoms with Gasteiger partial charge in [0.15, 0.2) is 0 Å². The minimum atomic E-state index is 0.748. The number of rotatable bonds is 3. The Labute approximate surface area is 114 Å². The summed E-state index contributed by atoms with van der Waals surface area (Å²) in [7, 11) is 0. The van der Waals surface area contributed by atoms with E-state index in [-0.39, 0.29) is 0 Å². The Morgan fingerprint density at radius 1 is 1.11 bits per heavy atom. The van der Waals surface area contributed by atoms with E-state index >= 15 is 0 Å². The highest BCUT2D eigenvalue weighted by molar-refractivity contribution is 4.80. The van der Waals surface area contributed by atoms with E-state index in [2.05, 4.69) is 31.0 Å². The van der Waals surface area contributed by atoms with Crippen molar-refractivity contribution < 1.29 is 0 Å². The summed E-state index contributed by atoms with van der Waals surface area (Å²) in [5.74, 6) is 2.77. The van der Waals surface area contributed by atoms with Crippen molar-refractivity contribution in [2.45, 2.75) is 58.9 Å². The van der Waals surface area contributed by atoms with E-state index in [1.807, 2.05) is 0 Å². The largest absolute Gasteiger partial charge is 0.314 e. The van der Waals surface area contributed by atoms with Gasteiger partial charge in [0.25, 0.3) is 0 Å². The average molecular weight is 252 g/mol. The van der Waals surface area contributed by atoms with E-state index in [0.29, 0.717) is 0 Å². The zero-order chi connectivity index (χ0) is 13.0. The van der Waals surface area contributed by atoms with E-state index in [4.69, 9.17) is 0 Å². The molecule has 1 aliphatic heterocycles. The van der Waals surface area contributed by atoms with Crippen LogP contribution in [0, 0.1) is 17.8 Å². The second kappa shape index (κ2) is 6.91. The molecule has 4 unspecified atom stereocenters. The van der Waals surface area contributed by atoms with Crippen molar-refractivity contribution in [1.29, 1.82) is 0 Å². The molecular weight excluding hydrogens is 220 g/mol. The molecule has 106 valence electrons. The molecule has 18 heavy (non-hydrogen) atoms. The first-order chi connectivity index (χ1) is 8.67. The third-order valence-corrected chi connectivity index (χ3v) is 4.93. The Kier molecular flexibility index (Phi) is 5.50. The van der Waals surface area contributed by atoms with E-state index in [1.165, 1.54) is 58.3 Å². The molecule has 0 amide bonds. The second-order valence-electron chi connectivity index (χ2n) is 6.95. The highest BCUT2D eigenvalue weighted by atomic mass is 15.1. The lowest BCUT2D eigenvalue weighted by Gasteiger charge is -2.33. The van der Waals surface area contributed by atoms with Crippen LogP contribution in [0.2, 0.25) is 0 Å². The Hall–Kier alpha value is -0.0800. The van der Waals surface area contributed by atoms with Gasteiger partial charge in [-0.3, -0.25) is 0 Å². The number of nitrogens with one attached hydrogen (secondary N) is 1. The number of nitrogens with zero attached hydrogens (tertiary/aromatic N) is 1. The van der Waals surface area contributed by atoms with Crippen LogP contribution in [0.15, 0.2) is 0 Å². The number of hydrogen-bond acceptors (Lipinski definition) is 2. The van der Waals surface area contributed by atoms with Crippen LogP contribution in [-0.2, 0) is 0 Å². The molecule has 1 aliphatic carbocycles. The summed E-state index contributed by atoms with van der Waals surface area (Å²) in [6.45, 7) is 12.3. The summed E-state index contributed by atoms with van der Waals surface area (Å²) >= 11 is 0. The third kappa shape index (κ3) is 4.24. The first-order valence-electron chi connectivity index (χ1n) is 8.13. The monoisotopic (exact) mass is 252 g/mol. The Morgan fingerprint density at radius 2 is 1.94 bits per heavy atom. The molecular formula is C16H32N2. The van der Waals surface area contributed by atoms with E-state index < -0.39 is 0 Å². The predicted molar refractivity (Wildman–Crippen MR) is 78.8 cm³/mol. The molecule has 1 N–H and O–H groups in total. The van der Waals surface area contributed by atoms with Crippen molar-refractivity contribution in [1.82, 2.24) is 10.2 Å². The van der Waals surface area contributed by atoms with Crippen LogP contribution in [0.3, 0.4) is 0 Å². The first-order valence-corrected chi connectivity index (χ1v) is 8.13. The maximum atomic E-state index is 3.72. The zero-order valence-electron chi connectivity index (χ0n) is 12.6. The van der Waals surface area contributed by atoms with Gasteiger partial charge in [0.05, 0.1) is 0 Å². The van der Waals surface area contributed by atoms with Crippen molar-refractivity contribution >= 4 is 0 Å². The summed E-state index contributed by atoms with van der Waals surface area (Å²) in [6.07, 6.45) is 7.03. The molecule has 0 aromatic carbocycles. The minimum absolute atomic E-state index is 0.748. The van der Waals surface area contributed by atoms with Gasteiger partial charge in [-0.2, -0.15) is 0 Å². The van der Waals surface area contributed by atoms with Crippen LogP contribution < -0.4 is 5.32 Å². The van der Waals surface area contributed by atoms with Crippen molar-refractivity contribution in [3.8, 4) is 0 Å². The molecule has 2 rings (SSSR count). The van der Waals surface area contributed by atoms with Crippen LogP contribution in [-0.4, -0.2) is 37.1 Å². The van der Waals surface area contributed by atoms with Gasteiger partial charge in [-0.05, 0) is 56.5 Å². The van der Waals surface area contributed by atoms with Crippen molar-refractivity contribution in [2.24, 2.45) is 17.8 Å². The van der Waals surface area contributed by atoms with Crippen molar-refractivity contribution in [3.63, 3.8) is 0 Å². The SMILES string of the molecule is CCC1CCN(CC2CCC(C)C2)CC(C)CN1. The Bertz CT molecular complexity index is 241. The van der Waals surface area contributed by atoms with Gasteiger partial charge in [0.2, 0.25) is 0 Å². The second-order valence-corrected chi connectivity index (χ2v) is 6.95. The van der Waals surface area contributed by atoms with Gasteiger partial charge in [0, 0.05) is 19.1 Å². The highest BCUT2D eigenvalue weighted by Crippen LogP contribution is 2.31. The van der Waals surface area contributed by atoms with Crippen LogP contribution in [0.1, 0.15) is 52.9 Å². The Morgan fingerprint density at radius 3 is 2.61 bits per heavy atom. The van der Waals surface area contributed by atoms with E-state index in [9.17, 15) is 0 Å². The van der Waals surface area contributed by atoms with Crippen LogP contribution in [0.5, 0.6) is 0 Å². The normalized spacial score (nSPS) is 39.5. The maximum absolute atomic E-state index is 3.72. The van der Waals surface area contributed by atoms with E-state index in [0.717, 1.165) is 23.8 Å². The summed E-state index contributed by atoms with van der Waals surface area (Å²) in [5, 5.41) is 3.72. The fourth-order valence-corrected chi connectivity index (χ4v) is 3.78. The van der Waals surface area contributed by atoms with Crippen LogP contribution in [0.25, 0.3) is 0 Å². The molecule has 0 bridgehead atoms. The lowest BCUT2D eigenvalue weighted by atomic mass is 10.0. The average Bonchev–Trinajstić information content (AvgIpc) is 2.72. The first kappa shape index (κ1) is 14.3. The lowest BCUT2D eigenvalue weighted by Crippen LogP contribution is -2.44. The van der Waals surface area contributed by atoms with Gasteiger partial charge >= 0.3 is 0 Å². The predicted octanol–water partition coefficient (Wildman–Crippen LogP) is 3.13. The topological polar surface area (TPSA) is 15.3 Å². The smallest absolute Gasteiger partial charge is 0.00767 e. The fraction of sp³-hybridized carbons (Fsp3) is 1.00. The van der Waals surface area contributed by atoms with Crippen LogP contribution in [0.4, 0.5) is 0 Å². The van der Waals surface area contributed by atoms with Gasteiger partial charge in [0.1, 0.15) is 0 Å². The molecule has 1 heterocycles. The molecule has 0 aromatic heterocycles. The minimum Gasteiger partial charge on any atom is -0.314 e. The van der Waals surface area contributed by atoms with Crippen molar-refractivity contribution in [2.75, 3.05) is 26.2 Å². The molecule has 1 saturated heterocycles. The molecule has 1 saturated carbocycles. The van der Waals surface area contributed by atoms with Gasteiger partial charge in [-0.1, -0.05) is 27.2 Å². The van der Waals surface area contributed by atoms with Crippen molar-refractivity contribution in [3.05, 3.63) is 0 Å². The zero-order valence-corrected chi connectivity index (χ0v) is 12.6. The summed E-state index contributed by atoms with van der Waals surface area (Å²) in [5.41, 5.74) is 0. The fourth-order valence-electron chi connectivity index (χ4n) is 3.78. The van der Waals surface area contributed by atoms with E-state index in [1.54, 1.807) is 0 Å². The summed E-state index contributed by atoms with van der Waals surface area (Å²) in [6, 6.07) is 0.748. The standard InChI is InChI=1S/C16H32N2/c1-4-16-7-8-18(11-14(3)10-17-16)12-15-6-5-13(2)9-15/h13-17H,4-12H2,1-3H3. The lowest BCUT2D eigenvalue weighted by molar-refractivity contribution is 0.172. The molecule has 2 nitrogen and oxygen atoms in total. The Balaban J connectivity index is 1.82.